The van der Waals surface area contributed by atoms with Crippen molar-refractivity contribution in [1.82, 2.24) is 0 Å². The lowest BCUT2D eigenvalue weighted by atomic mass is 10.1. The third-order valence-electron chi connectivity index (χ3n) is 3.11. The summed E-state index contributed by atoms with van der Waals surface area (Å²) in [6.07, 6.45) is 10.9. The molecule has 0 unspecified atom stereocenters. The van der Waals surface area contributed by atoms with Crippen LogP contribution in [0.1, 0.15) is 51.4 Å². The Morgan fingerprint density at radius 1 is 0.737 bits per heavy atom. The maximum Gasteiger partial charge on any atom is 0.119 e. The van der Waals surface area contributed by atoms with Crippen molar-refractivity contribution in [1.29, 1.82) is 0 Å². The Bertz CT molecular complexity index is 311. The summed E-state index contributed by atoms with van der Waals surface area (Å²) in [5.41, 5.74) is 0. The first-order chi connectivity index (χ1) is 9.33. The summed E-state index contributed by atoms with van der Waals surface area (Å²) in [7, 11) is 0. The molecule has 3 heteroatoms. The van der Waals surface area contributed by atoms with E-state index in [1.165, 1.54) is 59.4 Å². The van der Waals surface area contributed by atoms with Gasteiger partial charge in [0.1, 0.15) is 5.75 Å². The fraction of sp³-hybridized carbons (Fsp3) is 0.625. The van der Waals surface area contributed by atoms with Gasteiger partial charge in [-0.05, 0) is 64.1 Å². The van der Waals surface area contributed by atoms with E-state index in [4.69, 9.17) is 4.74 Å². The Hall–Kier alpha value is 0.480. The van der Waals surface area contributed by atoms with E-state index in [0.29, 0.717) is 0 Å². The fourth-order valence-electron chi connectivity index (χ4n) is 1.98. The predicted molar refractivity (Wildman–Crippen MR) is 100 cm³/mol. The van der Waals surface area contributed by atoms with E-state index in [0.717, 1.165) is 12.4 Å². The van der Waals surface area contributed by atoms with Gasteiger partial charge in [0, 0.05) is 3.57 Å². The van der Waals surface area contributed by atoms with Crippen LogP contribution in [0.5, 0.6) is 5.75 Å². The van der Waals surface area contributed by atoms with E-state index in [2.05, 4.69) is 69.4 Å². The van der Waals surface area contributed by atoms with E-state index in [-0.39, 0.29) is 0 Å². The molecule has 0 saturated carbocycles. The quantitative estimate of drug-likeness (QED) is 0.205. The smallest absolute Gasteiger partial charge is 0.119 e. The number of hydrogen-bond donors (Lipinski definition) is 0. The van der Waals surface area contributed by atoms with Gasteiger partial charge in [0.25, 0.3) is 0 Å². The monoisotopic (exact) mass is 486 g/mol. The van der Waals surface area contributed by atoms with Crippen LogP contribution in [0.15, 0.2) is 24.3 Å². The van der Waals surface area contributed by atoms with Crippen LogP contribution in [0, 0.1) is 3.57 Å². The number of benzene rings is 1. The maximum atomic E-state index is 5.72. The Labute approximate surface area is 145 Å². The van der Waals surface area contributed by atoms with Gasteiger partial charge in [0.15, 0.2) is 0 Å². The maximum absolute atomic E-state index is 5.72. The fourth-order valence-corrected chi connectivity index (χ4v) is 2.88. The molecule has 0 radical (unpaired) electrons. The highest BCUT2D eigenvalue weighted by atomic mass is 127. The molecule has 0 spiro atoms. The number of alkyl halides is 1. The highest BCUT2D eigenvalue weighted by Gasteiger charge is 1.95. The third kappa shape index (κ3) is 9.93. The van der Waals surface area contributed by atoms with Crippen molar-refractivity contribution in [2.24, 2.45) is 0 Å². The minimum absolute atomic E-state index is 0.857. The van der Waals surface area contributed by atoms with Crippen molar-refractivity contribution in [2.75, 3.05) is 11.0 Å². The Kier molecular flexibility index (Phi) is 11.3. The second-order valence-corrected chi connectivity index (χ2v) is 7.14. The highest BCUT2D eigenvalue weighted by molar-refractivity contribution is 14.1. The minimum atomic E-state index is 0.857. The van der Waals surface area contributed by atoms with Crippen LogP contribution >= 0.6 is 45.2 Å². The molecule has 1 aromatic carbocycles. The van der Waals surface area contributed by atoms with E-state index in [1.807, 2.05) is 0 Å². The summed E-state index contributed by atoms with van der Waals surface area (Å²) in [6, 6.07) is 8.28. The second kappa shape index (κ2) is 12.2. The lowest BCUT2D eigenvalue weighted by Gasteiger charge is -2.06. The first kappa shape index (κ1) is 17.5. The summed E-state index contributed by atoms with van der Waals surface area (Å²) in [6.45, 7) is 0.857. The first-order valence-corrected chi connectivity index (χ1v) is 9.87. The number of unbranched alkanes of at least 4 members (excludes halogenated alkanes) is 7. The second-order valence-electron chi connectivity index (χ2n) is 4.82. The van der Waals surface area contributed by atoms with Gasteiger partial charge in [-0.1, -0.05) is 61.1 Å². The Morgan fingerprint density at radius 2 is 1.26 bits per heavy atom. The molecule has 0 N–H and O–H groups in total. The van der Waals surface area contributed by atoms with Gasteiger partial charge in [-0.2, -0.15) is 0 Å². The largest absolute Gasteiger partial charge is 0.494 e. The normalized spacial score (nSPS) is 10.6. The zero-order chi connectivity index (χ0) is 13.8. The van der Waals surface area contributed by atoms with Crippen LogP contribution in [-0.4, -0.2) is 11.0 Å². The number of ether oxygens (including phenoxy) is 1. The molecule has 0 saturated heterocycles. The Morgan fingerprint density at radius 3 is 1.84 bits per heavy atom. The van der Waals surface area contributed by atoms with Gasteiger partial charge < -0.3 is 4.74 Å². The van der Waals surface area contributed by atoms with Gasteiger partial charge in [-0.3, -0.25) is 0 Å². The molecule has 1 rings (SSSR count). The third-order valence-corrected chi connectivity index (χ3v) is 4.59. The standard InChI is InChI=1S/C16H24I2O/c17-13-7-5-3-1-2-4-6-8-14-19-16-11-9-15(18)10-12-16/h9-12H,1-8,13-14H2. The van der Waals surface area contributed by atoms with E-state index >= 15 is 0 Å². The van der Waals surface area contributed by atoms with Crippen molar-refractivity contribution in [2.45, 2.75) is 51.4 Å². The molecule has 19 heavy (non-hydrogen) atoms. The van der Waals surface area contributed by atoms with Crippen LogP contribution < -0.4 is 4.74 Å². The average Bonchev–Trinajstić information content (AvgIpc) is 2.43. The molecule has 0 aliphatic heterocycles. The number of rotatable bonds is 11. The zero-order valence-corrected chi connectivity index (χ0v) is 15.9. The van der Waals surface area contributed by atoms with Crippen molar-refractivity contribution in [3.8, 4) is 5.75 Å². The molecule has 0 bridgehead atoms. The van der Waals surface area contributed by atoms with Crippen molar-refractivity contribution < 1.29 is 4.74 Å². The van der Waals surface area contributed by atoms with E-state index in [9.17, 15) is 0 Å². The summed E-state index contributed by atoms with van der Waals surface area (Å²) in [5, 5.41) is 0. The van der Waals surface area contributed by atoms with Gasteiger partial charge in [-0.25, -0.2) is 0 Å². The molecule has 0 fully saturated rings. The molecule has 1 nitrogen and oxygen atoms in total. The highest BCUT2D eigenvalue weighted by Crippen LogP contribution is 2.14. The van der Waals surface area contributed by atoms with Crippen molar-refractivity contribution in [3.63, 3.8) is 0 Å². The number of hydrogen-bond acceptors (Lipinski definition) is 1. The molecule has 1 aromatic rings. The summed E-state index contributed by atoms with van der Waals surface area (Å²) in [4.78, 5) is 0. The van der Waals surface area contributed by atoms with E-state index in [1.54, 1.807) is 0 Å². The van der Waals surface area contributed by atoms with Crippen LogP contribution in [0.3, 0.4) is 0 Å². The molecule has 108 valence electrons. The minimum Gasteiger partial charge on any atom is -0.494 e. The van der Waals surface area contributed by atoms with Crippen LogP contribution in [0.4, 0.5) is 0 Å². The SMILES string of the molecule is ICCCCCCCCCCOc1ccc(I)cc1. The van der Waals surface area contributed by atoms with Crippen LogP contribution in [0.2, 0.25) is 0 Å². The lowest BCUT2D eigenvalue weighted by Crippen LogP contribution is -1.97. The molecule has 0 aliphatic rings. The molecule has 0 amide bonds. The van der Waals surface area contributed by atoms with Crippen molar-refractivity contribution in [3.05, 3.63) is 27.8 Å². The van der Waals surface area contributed by atoms with Gasteiger partial charge in [0.05, 0.1) is 6.61 Å². The molecule has 0 aliphatic carbocycles. The molecule has 0 aromatic heterocycles. The molecular weight excluding hydrogens is 462 g/mol. The van der Waals surface area contributed by atoms with E-state index < -0.39 is 0 Å². The van der Waals surface area contributed by atoms with Crippen LogP contribution in [-0.2, 0) is 0 Å². The van der Waals surface area contributed by atoms with Crippen LogP contribution in [0.25, 0.3) is 0 Å². The topological polar surface area (TPSA) is 9.23 Å². The number of halogens is 2. The van der Waals surface area contributed by atoms with Gasteiger partial charge in [0.2, 0.25) is 0 Å². The predicted octanol–water partition coefficient (Wildman–Crippen LogP) is 6.23. The lowest BCUT2D eigenvalue weighted by molar-refractivity contribution is 0.304. The van der Waals surface area contributed by atoms with Crippen molar-refractivity contribution >= 4 is 45.2 Å². The molecular formula is C16H24I2O. The molecule has 0 atom stereocenters. The van der Waals surface area contributed by atoms with Gasteiger partial charge >= 0.3 is 0 Å². The average molecular weight is 486 g/mol. The first-order valence-electron chi connectivity index (χ1n) is 7.27. The zero-order valence-electron chi connectivity index (χ0n) is 11.5. The summed E-state index contributed by atoms with van der Waals surface area (Å²) >= 11 is 4.78. The van der Waals surface area contributed by atoms with Gasteiger partial charge in [-0.15, -0.1) is 0 Å². The Balaban J connectivity index is 1.87. The molecule has 0 heterocycles. The summed E-state index contributed by atoms with van der Waals surface area (Å²) in [5.74, 6) is 0.999. The summed E-state index contributed by atoms with van der Waals surface area (Å²) < 4.78 is 8.29.